The smallest absolute Gasteiger partial charge is 0.270 e. The molecule has 2 N–H and O–H groups in total. The van der Waals surface area contributed by atoms with Gasteiger partial charge in [-0.3, -0.25) is 4.57 Å². The van der Waals surface area contributed by atoms with E-state index in [1.165, 1.54) is 64.2 Å². The first kappa shape index (κ1) is 18.8. The van der Waals surface area contributed by atoms with Crippen LogP contribution in [-0.2, 0) is 4.57 Å². The van der Waals surface area contributed by atoms with Crippen molar-refractivity contribution in [2.24, 2.45) is 0 Å². The lowest BCUT2D eigenvalue weighted by Crippen LogP contribution is -2.40. The van der Waals surface area contributed by atoms with E-state index < -0.39 is 7.59 Å². The molecular weight excluding hydrogens is 313 g/mol. The summed E-state index contributed by atoms with van der Waals surface area (Å²) < 4.78 is 15.9. The van der Waals surface area contributed by atoms with Gasteiger partial charge in [-0.2, -0.15) is 4.08 Å². The number of rotatable bonds is 8. The molecule has 2 saturated carbocycles. The SMILES string of the molecule is CCNP(=O)(NCC)N(SC1CCCCC1)C1CCCCC1. The molecule has 2 rings (SSSR count). The Hall–Kier alpha value is 0.460. The predicted molar refractivity (Wildman–Crippen MR) is 98.1 cm³/mol. The van der Waals surface area contributed by atoms with Crippen LogP contribution in [0.5, 0.6) is 0 Å². The van der Waals surface area contributed by atoms with Crippen molar-refractivity contribution in [3.05, 3.63) is 0 Å². The van der Waals surface area contributed by atoms with Crippen molar-refractivity contribution in [2.45, 2.75) is 89.3 Å². The minimum absolute atomic E-state index is 0.463. The fourth-order valence-corrected chi connectivity index (χ4v) is 8.08. The molecule has 0 unspecified atom stereocenters. The van der Waals surface area contributed by atoms with Gasteiger partial charge in [0.25, 0.3) is 7.59 Å². The van der Waals surface area contributed by atoms with E-state index in [1.54, 1.807) is 0 Å². The average Bonchev–Trinajstić information content (AvgIpc) is 2.55. The first-order chi connectivity index (χ1) is 10.7. The molecule has 0 saturated heterocycles. The molecule has 4 nitrogen and oxygen atoms in total. The Bertz CT molecular complexity index is 347. The van der Waals surface area contributed by atoms with Gasteiger partial charge in [-0.1, -0.05) is 64.3 Å². The van der Waals surface area contributed by atoms with Gasteiger partial charge < -0.3 is 0 Å². The molecule has 2 fully saturated rings. The van der Waals surface area contributed by atoms with Crippen LogP contribution < -0.4 is 10.2 Å². The van der Waals surface area contributed by atoms with Crippen molar-refractivity contribution >= 4 is 19.5 Å². The molecule has 2 aliphatic carbocycles. The van der Waals surface area contributed by atoms with Crippen LogP contribution in [0.3, 0.4) is 0 Å². The highest BCUT2D eigenvalue weighted by Crippen LogP contribution is 2.52. The van der Waals surface area contributed by atoms with Crippen molar-refractivity contribution in [2.75, 3.05) is 13.1 Å². The number of hydrogen-bond acceptors (Lipinski definition) is 2. The molecule has 0 amide bonds. The molecule has 6 heteroatoms. The maximum absolute atomic E-state index is 13.6. The monoisotopic (exact) mass is 347 g/mol. The van der Waals surface area contributed by atoms with Crippen LogP contribution in [0.1, 0.15) is 78.1 Å². The van der Waals surface area contributed by atoms with E-state index in [9.17, 15) is 4.57 Å². The van der Waals surface area contributed by atoms with Crippen LogP contribution in [0.4, 0.5) is 0 Å². The van der Waals surface area contributed by atoms with Gasteiger partial charge in [0, 0.05) is 24.4 Å². The van der Waals surface area contributed by atoms with Gasteiger partial charge in [-0.05, 0) is 25.7 Å². The fourth-order valence-electron chi connectivity index (χ4n) is 3.63. The number of nitrogens with zero attached hydrogens (tertiary/aromatic N) is 1. The number of nitrogens with one attached hydrogen (secondary N) is 2. The fraction of sp³-hybridized carbons (Fsp3) is 1.00. The third kappa shape index (κ3) is 5.24. The standard InChI is InChI=1S/C16H34N3OPS/c1-3-17-21(20,18-4-2)19(15-11-7-5-8-12-15)22-16-13-9-6-10-14-16/h15-16H,3-14H2,1-2H3,(H2,17,18,20). The summed E-state index contributed by atoms with van der Waals surface area (Å²) in [7, 11) is -2.67. The summed E-state index contributed by atoms with van der Waals surface area (Å²) in [5.41, 5.74) is 0. The molecule has 0 spiro atoms. The molecule has 0 aliphatic heterocycles. The van der Waals surface area contributed by atoms with Crippen molar-refractivity contribution in [3.63, 3.8) is 0 Å². The Kier molecular flexibility index (Phi) is 8.27. The Labute approximate surface area is 141 Å². The second kappa shape index (κ2) is 9.68. The molecular formula is C16H34N3OPS. The molecule has 0 bridgehead atoms. The summed E-state index contributed by atoms with van der Waals surface area (Å²) in [6, 6.07) is 0.463. The molecule has 22 heavy (non-hydrogen) atoms. The molecule has 0 aromatic carbocycles. The van der Waals surface area contributed by atoms with Gasteiger partial charge in [0.15, 0.2) is 0 Å². The second-order valence-corrected chi connectivity index (χ2v) is 10.3. The zero-order valence-electron chi connectivity index (χ0n) is 14.4. The van der Waals surface area contributed by atoms with Crippen LogP contribution in [0.2, 0.25) is 0 Å². The largest absolute Gasteiger partial charge is 0.291 e. The summed E-state index contributed by atoms with van der Waals surface area (Å²) in [5.74, 6) is 0. The van der Waals surface area contributed by atoms with E-state index in [0.717, 1.165) is 13.1 Å². The van der Waals surface area contributed by atoms with Crippen LogP contribution in [-0.4, -0.2) is 28.5 Å². The minimum Gasteiger partial charge on any atom is -0.270 e. The van der Waals surface area contributed by atoms with E-state index in [0.29, 0.717) is 11.3 Å². The minimum atomic E-state index is -2.67. The van der Waals surface area contributed by atoms with Gasteiger partial charge in [-0.15, -0.1) is 0 Å². The molecule has 2 aliphatic rings. The molecule has 0 radical (unpaired) electrons. The van der Waals surface area contributed by atoms with Crippen LogP contribution in [0.25, 0.3) is 0 Å². The molecule has 130 valence electrons. The summed E-state index contributed by atoms with van der Waals surface area (Å²) in [5, 5.41) is 7.25. The molecule has 0 heterocycles. The van der Waals surface area contributed by atoms with E-state index >= 15 is 0 Å². The first-order valence-corrected chi connectivity index (χ1v) is 11.8. The van der Waals surface area contributed by atoms with E-state index in [-0.39, 0.29) is 0 Å². The van der Waals surface area contributed by atoms with Gasteiger partial charge in [0.2, 0.25) is 0 Å². The van der Waals surface area contributed by atoms with Crippen molar-refractivity contribution < 1.29 is 4.57 Å². The Balaban J connectivity index is 2.12. The van der Waals surface area contributed by atoms with Gasteiger partial charge in [0.1, 0.15) is 0 Å². The summed E-state index contributed by atoms with van der Waals surface area (Å²) in [6.07, 6.45) is 12.9. The highest BCUT2D eigenvalue weighted by Gasteiger charge is 2.38. The maximum atomic E-state index is 13.6. The average molecular weight is 348 g/mol. The highest BCUT2D eigenvalue weighted by atomic mass is 32.2. The topological polar surface area (TPSA) is 44.4 Å². The van der Waals surface area contributed by atoms with Gasteiger partial charge >= 0.3 is 0 Å². The predicted octanol–water partition coefficient (Wildman–Crippen LogP) is 4.93. The van der Waals surface area contributed by atoms with Crippen LogP contribution in [0.15, 0.2) is 0 Å². The van der Waals surface area contributed by atoms with Gasteiger partial charge in [0.05, 0.1) is 0 Å². The lowest BCUT2D eigenvalue weighted by atomic mass is 9.96. The van der Waals surface area contributed by atoms with Crippen LogP contribution in [0, 0.1) is 0 Å². The molecule has 0 aromatic rings. The summed E-state index contributed by atoms with van der Waals surface area (Å²) >= 11 is 1.90. The Morgan fingerprint density at radius 2 is 1.41 bits per heavy atom. The third-order valence-electron chi connectivity index (χ3n) is 4.72. The lowest BCUT2D eigenvalue weighted by molar-refractivity contribution is 0.335. The first-order valence-electron chi connectivity index (χ1n) is 9.26. The lowest BCUT2D eigenvalue weighted by Gasteiger charge is -2.40. The van der Waals surface area contributed by atoms with E-state index in [1.807, 2.05) is 25.8 Å². The maximum Gasteiger partial charge on any atom is 0.291 e. The molecule has 0 atom stereocenters. The third-order valence-corrected chi connectivity index (χ3v) is 9.35. The Morgan fingerprint density at radius 3 is 1.91 bits per heavy atom. The summed E-state index contributed by atoms with van der Waals surface area (Å²) in [4.78, 5) is 0. The van der Waals surface area contributed by atoms with Crippen molar-refractivity contribution in [1.29, 1.82) is 0 Å². The second-order valence-electron chi connectivity index (χ2n) is 6.56. The van der Waals surface area contributed by atoms with Crippen LogP contribution >= 0.6 is 19.5 Å². The van der Waals surface area contributed by atoms with Crippen molar-refractivity contribution in [3.8, 4) is 0 Å². The normalized spacial score (nSPS) is 22.3. The number of hydrogen-bond donors (Lipinski definition) is 2. The molecule has 0 aromatic heterocycles. The Morgan fingerprint density at radius 1 is 0.909 bits per heavy atom. The zero-order chi connectivity index (χ0) is 15.8. The highest BCUT2D eigenvalue weighted by molar-refractivity contribution is 8.02. The summed E-state index contributed by atoms with van der Waals surface area (Å²) in [6.45, 7) is 5.60. The van der Waals surface area contributed by atoms with E-state index in [4.69, 9.17) is 0 Å². The van der Waals surface area contributed by atoms with Crippen molar-refractivity contribution in [1.82, 2.24) is 14.3 Å². The quantitative estimate of drug-likeness (QED) is 0.481. The van der Waals surface area contributed by atoms with E-state index in [2.05, 4.69) is 14.3 Å². The zero-order valence-corrected chi connectivity index (χ0v) is 16.1. The van der Waals surface area contributed by atoms with Gasteiger partial charge in [-0.25, -0.2) is 10.2 Å².